The lowest BCUT2D eigenvalue weighted by atomic mass is 10.2. The Balaban J connectivity index is 2.21. The van der Waals surface area contributed by atoms with Crippen molar-refractivity contribution in [2.75, 3.05) is 0 Å². The maximum absolute atomic E-state index is 12.8. The van der Waals surface area contributed by atoms with E-state index in [0.717, 1.165) is 0 Å². The summed E-state index contributed by atoms with van der Waals surface area (Å²) in [5.74, 6) is 0.166. The second-order valence-electron chi connectivity index (χ2n) is 6.99. The molecular weight excluding hydrogens is 368 g/mol. The van der Waals surface area contributed by atoms with E-state index in [4.69, 9.17) is 4.74 Å². The predicted octanol–water partition coefficient (Wildman–Crippen LogP) is 4.30. The third kappa shape index (κ3) is 3.65. The number of aromatic nitrogens is 2. The van der Waals surface area contributed by atoms with E-state index in [1.807, 2.05) is 0 Å². The Morgan fingerprint density at radius 3 is 2.11 bits per heavy atom. The average molecular weight is 384 g/mol. The molecule has 0 radical (unpaired) electrons. The first-order valence-corrected chi connectivity index (χ1v) is 8.22. The molecule has 1 aromatic heterocycles. The summed E-state index contributed by atoms with van der Waals surface area (Å²) in [6.45, 7) is 5.13. The topological polar surface area (TPSA) is 130 Å². The Morgan fingerprint density at radius 1 is 1.00 bits per heavy atom. The van der Waals surface area contributed by atoms with E-state index >= 15 is 0 Å². The second kappa shape index (κ2) is 6.72. The van der Waals surface area contributed by atoms with Crippen LogP contribution in [-0.4, -0.2) is 31.1 Å². The number of ether oxygens (including phenoxy) is 1. The highest BCUT2D eigenvalue weighted by atomic mass is 16.6. The molecule has 3 rings (SSSR count). The number of imidazole rings is 1. The number of carbonyl (C=O) groups excluding carboxylic acids is 1. The van der Waals surface area contributed by atoms with Crippen LogP contribution in [0.1, 0.15) is 20.8 Å². The minimum atomic E-state index is -0.777. The van der Waals surface area contributed by atoms with Gasteiger partial charge in [0.05, 0.1) is 20.9 Å². The minimum Gasteiger partial charge on any atom is -0.443 e. The Hall–Kier alpha value is -3.82. The quantitative estimate of drug-likeness (QED) is 0.486. The summed E-state index contributed by atoms with van der Waals surface area (Å²) < 4.78 is 6.63. The molecule has 0 unspecified atom stereocenters. The molecule has 10 heteroatoms. The molecule has 0 saturated heterocycles. The van der Waals surface area contributed by atoms with Gasteiger partial charge in [0.25, 0.3) is 11.4 Å². The van der Waals surface area contributed by atoms with Crippen LogP contribution in [-0.2, 0) is 4.74 Å². The SMILES string of the molecule is CC(C)(C)OC(=O)n1c(-c2ccc([N+](=O)[O-])cc2)nc2cc([N+](=O)[O-])ccc21. The molecule has 0 spiro atoms. The zero-order chi connectivity index (χ0) is 20.6. The van der Waals surface area contributed by atoms with Crippen LogP contribution in [0.5, 0.6) is 0 Å². The molecule has 2 aromatic carbocycles. The van der Waals surface area contributed by atoms with Gasteiger partial charge >= 0.3 is 6.09 Å². The molecule has 0 aliphatic rings. The molecule has 0 bridgehead atoms. The maximum Gasteiger partial charge on any atom is 0.420 e. The molecule has 0 fully saturated rings. The van der Waals surface area contributed by atoms with Gasteiger partial charge in [0.15, 0.2) is 5.82 Å². The van der Waals surface area contributed by atoms with E-state index in [-0.39, 0.29) is 22.7 Å². The molecular formula is C18H16N4O6. The van der Waals surface area contributed by atoms with Crippen molar-refractivity contribution in [3.63, 3.8) is 0 Å². The van der Waals surface area contributed by atoms with E-state index in [0.29, 0.717) is 11.1 Å². The van der Waals surface area contributed by atoms with Gasteiger partial charge in [0, 0.05) is 29.8 Å². The Morgan fingerprint density at radius 2 is 1.57 bits per heavy atom. The van der Waals surface area contributed by atoms with Crippen molar-refractivity contribution >= 4 is 28.5 Å². The zero-order valence-corrected chi connectivity index (χ0v) is 15.3. The fraction of sp³-hybridized carbons (Fsp3) is 0.222. The fourth-order valence-corrected chi connectivity index (χ4v) is 2.60. The molecule has 0 saturated carbocycles. The van der Waals surface area contributed by atoms with Crippen molar-refractivity contribution in [2.45, 2.75) is 26.4 Å². The molecule has 10 nitrogen and oxygen atoms in total. The summed E-state index contributed by atoms with van der Waals surface area (Å²) in [6.07, 6.45) is -0.711. The van der Waals surface area contributed by atoms with E-state index in [2.05, 4.69) is 4.98 Å². The number of nitrogens with zero attached hydrogens (tertiary/aromatic N) is 4. The average Bonchev–Trinajstić information content (AvgIpc) is 2.99. The molecule has 28 heavy (non-hydrogen) atoms. The van der Waals surface area contributed by atoms with Crippen molar-refractivity contribution in [1.29, 1.82) is 0 Å². The van der Waals surface area contributed by atoms with Crippen LogP contribution < -0.4 is 0 Å². The molecule has 0 aliphatic carbocycles. The van der Waals surface area contributed by atoms with Crippen molar-refractivity contribution in [3.05, 3.63) is 62.7 Å². The molecule has 0 aliphatic heterocycles. The first-order chi connectivity index (χ1) is 13.1. The Labute approximate surface area is 158 Å². The van der Waals surface area contributed by atoms with Gasteiger partial charge in [-0.05, 0) is 39.0 Å². The first-order valence-electron chi connectivity index (χ1n) is 8.22. The van der Waals surface area contributed by atoms with Gasteiger partial charge in [0.1, 0.15) is 5.60 Å². The van der Waals surface area contributed by atoms with Crippen LogP contribution in [0.25, 0.3) is 22.4 Å². The lowest BCUT2D eigenvalue weighted by molar-refractivity contribution is -0.385. The van der Waals surface area contributed by atoms with E-state index < -0.39 is 21.5 Å². The van der Waals surface area contributed by atoms with Crippen molar-refractivity contribution < 1.29 is 19.4 Å². The van der Waals surface area contributed by atoms with Crippen molar-refractivity contribution in [2.24, 2.45) is 0 Å². The smallest absolute Gasteiger partial charge is 0.420 e. The second-order valence-corrected chi connectivity index (χ2v) is 6.99. The summed E-state index contributed by atoms with van der Waals surface area (Å²) in [7, 11) is 0. The van der Waals surface area contributed by atoms with E-state index in [9.17, 15) is 25.0 Å². The standard InChI is InChI=1S/C18H16N4O6/c1-18(2,3)28-17(23)20-15-9-8-13(22(26)27)10-14(15)19-16(20)11-4-6-12(7-5-11)21(24)25/h4-10H,1-3H3. The highest BCUT2D eigenvalue weighted by Crippen LogP contribution is 2.29. The Bertz CT molecular complexity index is 1100. The van der Waals surface area contributed by atoms with Gasteiger partial charge in [-0.1, -0.05) is 0 Å². The van der Waals surface area contributed by atoms with Gasteiger partial charge < -0.3 is 4.74 Å². The minimum absolute atomic E-state index is 0.112. The number of hydrogen-bond acceptors (Lipinski definition) is 7. The zero-order valence-electron chi connectivity index (χ0n) is 15.3. The number of hydrogen-bond donors (Lipinski definition) is 0. The summed E-state index contributed by atoms with van der Waals surface area (Å²) >= 11 is 0. The summed E-state index contributed by atoms with van der Waals surface area (Å²) in [6, 6.07) is 9.42. The van der Waals surface area contributed by atoms with Crippen molar-refractivity contribution in [3.8, 4) is 11.4 Å². The van der Waals surface area contributed by atoms with Gasteiger partial charge in [-0.2, -0.15) is 0 Å². The van der Waals surface area contributed by atoms with E-state index in [1.54, 1.807) is 20.8 Å². The third-order valence-electron chi connectivity index (χ3n) is 3.76. The van der Waals surface area contributed by atoms with Crippen LogP contribution in [0.3, 0.4) is 0 Å². The van der Waals surface area contributed by atoms with Gasteiger partial charge in [-0.25, -0.2) is 14.3 Å². The van der Waals surface area contributed by atoms with Crippen LogP contribution in [0, 0.1) is 20.2 Å². The first kappa shape index (κ1) is 19.0. The van der Waals surface area contributed by atoms with Crippen molar-refractivity contribution in [1.82, 2.24) is 9.55 Å². The molecule has 0 amide bonds. The number of nitro benzene ring substituents is 2. The van der Waals surface area contributed by atoms with E-state index in [1.165, 1.54) is 47.0 Å². The van der Waals surface area contributed by atoms with Crippen LogP contribution >= 0.6 is 0 Å². The third-order valence-corrected chi connectivity index (χ3v) is 3.76. The fourth-order valence-electron chi connectivity index (χ4n) is 2.60. The number of carbonyl (C=O) groups is 1. The number of non-ortho nitro benzene ring substituents is 2. The van der Waals surface area contributed by atoms with Crippen LogP contribution in [0.4, 0.5) is 16.2 Å². The maximum atomic E-state index is 12.8. The van der Waals surface area contributed by atoms with Crippen LogP contribution in [0.15, 0.2) is 42.5 Å². The van der Waals surface area contributed by atoms with Gasteiger partial charge in [0.2, 0.25) is 0 Å². The molecule has 1 heterocycles. The largest absolute Gasteiger partial charge is 0.443 e. The highest BCUT2D eigenvalue weighted by Gasteiger charge is 2.25. The van der Waals surface area contributed by atoms with Crippen LogP contribution in [0.2, 0.25) is 0 Å². The van der Waals surface area contributed by atoms with Gasteiger partial charge in [-0.3, -0.25) is 20.2 Å². The molecule has 0 atom stereocenters. The predicted molar refractivity (Wildman–Crippen MR) is 100 cm³/mol. The summed E-state index contributed by atoms with van der Waals surface area (Å²) in [5.41, 5.74) is -0.0749. The number of benzene rings is 2. The summed E-state index contributed by atoms with van der Waals surface area (Å²) in [4.78, 5) is 37.9. The van der Waals surface area contributed by atoms with Gasteiger partial charge in [-0.15, -0.1) is 0 Å². The summed E-state index contributed by atoms with van der Waals surface area (Å²) in [5, 5.41) is 21.9. The lowest BCUT2D eigenvalue weighted by Gasteiger charge is -2.20. The molecule has 0 N–H and O–H groups in total. The number of rotatable bonds is 3. The normalized spacial score (nSPS) is 11.4. The molecule has 3 aromatic rings. The molecule has 144 valence electrons. The number of fused-ring (bicyclic) bond motifs is 1. The highest BCUT2D eigenvalue weighted by molar-refractivity contribution is 5.93. The lowest BCUT2D eigenvalue weighted by Crippen LogP contribution is -2.27. The number of nitro groups is 2. The monoisotopic (exact) mass is 384 g/mol. The Kier molecular flexibility index (Phi) is 4.55.